The predicted octanol–water partition coefficient (Wildman–Crippen LogP) is 3.98. The third-order valence-electron chi connectivity index (χ3n) is 6.68. The summed E-state index contributed by atoms with van der Waals surface area (Å²) >= 11 is 0. The number of hydrogen-bond donors (Lipinski definition) is 1. The van der Waals surface area contributed by atoms with E-state index in [4.69, 9.17) is 0 Å². The average Bonchev–Trinajstić information content (AvgIpc) is 2.49. The Balaban J connectivity index is 1.43. The third-order valence-corrected chi connectivity index (χ3v) is 6.68. The summed E-state index contributed by atoms with van der Waals surface area (Å²) in [6, 6.07) is 2.28. The third kappa shape index (κ3) is 2.60. The highest BCUT2D eigenvalue weighted by Crippen LogP contribution is 2.61. The van der Waals surface area contributed by atoms with Crippen LogP contribution in [0, 0.1) is 48.3 Å². The predicted molar refractivity (Wildman–Crippen MR) is 89.9 cm³/mol. The van der Waals surface area contributed by atoms with E-state index < -0.39 is 0 Å². The van der Waals surface area contributed by atoms with Gasteiger partial charge in [0.05, 0.1) is 5.69 Å². The molecule has 0 unspecified atom stereocenters. The number of nitrogens with zero attached hydrogens (tertiary/aromatic N) is 3. The second-order valence-corrected chi connectivity index (χ2v) is 8.34. The van der Waals surface area contributed by atoms with Crippen molar-refractivity contribution in [3.05, 3.63) is 16.8 Å². The van der Waals surface area contributed by atoms with Crippen molar-refractivity contribution in [1.82, 2.24) is 10.2 Å². The van der Waals surface area contributed by atoms with Crippen LogP contribution in [0.1, 0.15) is 61.8 Å². The molecule has 4 nitrogen and oxygen atoms in total. The molecule has 0 radical (unpaired) electrons. The molecular formula is C19H26N4. The van der Waals surface area contributed by atoms with Crippen molar-refractivity contribution in [3.8, 4) is 6.07 Å². The Kier molecular flexibility index (Phi) is 3.55. The Labute approximate surface area is 138 Å². The number of anilines is 1. The summed E-state index contributed by atoms with van der Waals surface area (Å²) in [5.41, 5.74) is 3.01. The number of nitriles is 1. The number of aryl methyl sites for hydroxylation is 1. The Bertz CT molecular complexity index is 623. The van der Waals surface area contributed by atoms with Crippen LogP contribution in [0.5, 0.6) is 0 Å². The van der Waals surface area contributed by atoms with Gasteiger partial charge in [0, 0.05) is 6.54 Å². The van der Waals surface area contributed by atoms with Crippen LogP contribution in [0.4, 0.5) is 5.82 Å². The summed E-state index contributed by atoms with van der Waals surface area (Å²) in [4.78, 5) is 0. The van der Waals surface area contributed by atoms with Gasteiger partial charge in [0.1, 0.15) is 11.6 Å². The minimum absolute atomic E-state index is 0.571. The molecule has 5 rings (SSSR count). The Morgan fingerprint density at radius 2 is 1.70 bits per heavy atom. The van der Waals surface area contributed by atoms with E-state index >= 15 is 0 Å². The number of nitrogens with one attached hydrogen (secondary N) is 1. The van der Waals surface area contributed by atoms with Crippen LogP contribution in [0.25, 0.3) is 0 Å². The molecule has 4 aliphatic carbocycles. The largest absolute Gasteiger partial charge is 0.367 e. The molecule has 1 aromatic heterocycles. The van der Waals surface area contributed by atoms with Gasteiger partial charge in [0.25, 0.3) is 0 Å². The first-order chi connectivity index (χ1) is 11.1. The first kappa shape index (κ1) is 14.9. The number of rotatable bonds is 4. The molecular weight excluding hydrogens is 284 g/mol. The summed E-state index contributed by atoms with van der Waals surface area (Å²) in [6.07, 6.45) is 10.0. The maximum atomic E-state index is 9.40. The fourth-order valence-corrected chi connectivity index (χ4v) is 5.91. The van der Waals surface area contributed by atoms with E-state index in [9.17, 15) is 5.26 Å². The van der Waals surface area contributed by atoms with Crippen LogP contribution < -0.4 is 5.32 Å². The minimum atomic E-state index is 0.571. The maximum Gasteiger partial charge on any atom is 0.166 e. The van der Waals surface area contributed by atoms with Crippen molar-refractivity contribution >= 4 is 5.82 Å². The molecule has 4 aliphatic rings. The number of hydrogen-bond acceptors (Lipinski definition) is 4. The van der Waals surface area contributed by atoms with Gasteiger partial charge in [-0.15, -0.1) is 5.10 Å². The molecule has 0 saturated heterocycles. The van der Waals surface area contributed by atoms with E-state index in [2.05, 4.69) is 21.6 Å². The lowest BCUT2D eigenvalue weighted by Crippen LogP contribution is -2.46. The average molecular weight is 310 g/mol. The Hall–Kier alpha value is -1.63. The monoisotopic (exact) mass is 310 g/mol. The Morgan fingerprint density at radius 1 is 1.09 bits per heavy atom. The van der Waals surface area contributed by atoms with Crippen LogP contribution in [-0.4, -0.2) is 16.7 Å². The summed E-state index contributed by atoms with van der Waals surface area (Å²) in [5.74, 6) is 3.66. The van der Waals surface area contributed by atoms with E-state index in [-0.39, 0.29) is 0 Å². The van der Waals surface area contributed by atoms with E-state index in [1.54, 1.807) is 0 Å². The van der Waals surface area contributed by atoms with Gasteiger partial charge in [-0.05, 0) is 87.5 Å². The van der Waals surface area contributed by atoms with Crippen LogP contribution in [0.15, 0.2) is 0 Å². The minimum Gasteiger partial charge on any atom is -0.367 e. The molecule has 0 aromatic carbocycles. The molecule has 23 heavy (non-hydrogen) atoms. The van der Waals surface area contributed by atoms with Gasteiger partial charge >= 0.3 is 0 Å². The van der Waals surface area contributed by atoms with Crippen LogP contribution in [-0.2, 0) is 0 Å². The van der Waals surface area contributed by atoms with Crippen LogP contribution in [0.2, 0.25) is 0 Å². The number of aromatic nitrogens is 2. The van der Waals surface area contributed by atoms with Gasteiger partial charge in [-0.2, -0.15) is 10.4 Å². The zero-order valence-electron chi connectivity index (χ0n) is 14.2. The van der Waals surface area contributed by atoms with Crippen molar-refractivity contribution in [2.24, 2.45) is 23.2 Å². The first-order valence-electron chi connectivity index (χ1n) is 9.06. The molecule has 1 aromatic rings. The SMILES string of the molecule is Cc1nnc(NCCC23CC4CC(CC(C4)C2)C3)c(C#N)c1C. The molecule has 4 heteroatoms. The molecule has 0 amide bonds. The lowest BCUT2D eigenvalue weighted by molar-refractivity contribution is -0.0552. The summed E-state index contributed by atoms with van der Waals surface area (Å²) < 4.78 is 0. The lowest BCUT2D eigenvalue weighted by atomic mass is 9.49. The molecule has 4 fully saturated rings. The quantitative estimate of drug-likeness (QED) is 0.913. The van der Waals surface area contributed by atoms with E-state index in [0.29, 0.717) is 16.8 Å². The normalized spacial score (nSPS) is 34.4. The highest BCUT2D eigenvalue weighted by atomic mass is 15.2. The topological polar surface area (TPSA) is 61.6 Å². The zero-order chi connectivity index (χ0) is 16.0. The molecule has 4 saturated carbocycles. The Morgan fingerprint density at radius 3 is 2.26 bits per heavy atom. The van der Waals surface area contributed by atoms with Gasteiger partial charge in [0.15, 0.2) is 5.82 Å². The smallest absolute Gasteiger partial charge is 0.166 e. The van der Waals surface area contributed by atoms with Crippen molar-refractivity contribution in [2.45, 2.75) is 58.8 Å². The summed E-state index contributed by atoms with van der Waals surface area (Å²) in [5, 5.41) is 21.2. The summed E-state index contributed by atoms with van der Waals surface area (Å²) in [6.45, 7) is 4.77. The standard InChI is InChI=1S/C19H26N4/c1-12-13(2)22-23-18(17(12)11-20)21-4-3-19-8-14-5-15(9-19)7-16(6-14)10-19/h14-16H,3-10H2,1-2H3,(H,21,23). The summed E-state index contributed by atoms with van der Waals surface area (Å²) in [7, 11) is 0. The van der Waals surface area contributed by atoms with Crippen LogP contribution in [0.3, 0.4) is 0 Å². The highest BCUT2D eigenvalue weighted by Gasteiger charge is 2.50. The van der Waals surface area contributed by atoms with Crippen molar-refractivity contribution in [2.75, 3.05) is 11.9 Å². The van der Waals surface area contributed by atoms with Gasteiger partial charge in [0.2, 0.25) is 0 Å². The molecule has 0 aliphatic heterocycles. The molecule has 122 valence electrons. The maximum absolute atomic E-state index is 9.40. The second kappa shape index (κ2) is 5.47. The van der Waals surface area contributed by atoms with E-state index in [1.165, 1.54) is 44.9 Å². The van der Waals surface area contributed by atoms with E-state index in [0.717, 1.165) is 35.6 Å². The van der Waals surface area contributed by atoms with Gasteiger partial charge in [-0.25, -0.2) is 0 Å². The molecule has 1 heterocycles. The first-order valence-corrected chi connectivity index (χ1v) is 9.06. The van der Waals surface area contributed by atoms with Crippen molar-refractivity contribution in [3.63, 3.8) is 0 Å². The zero-order valence-corrected chi connectivity index (χ0v) is 14.2. The molecule has 0 atom stereocenters. The molecule has 4 bridgehead atoms. The highest BCUT2D eigenvalue weighted by molar-refractivity contribution is 5.55. The van der Waals surface area contributed by atoms with E-state index in [1.807, 2.05) is 13.8 Å². The van der Waals surface area contributed by atoms with Gasteiger partial charge < -0.3 is 5.32 Å². The fourth-order valence-electron chi connectivity index (χ4n) is 5.91. The van der Waals surface area contributed by atoms with Crippen LogP contribution >= 0.6 is 0 Å². The van der Waals surface area contributed by atoms with Gasteiger partial charge in [-0.1, -0.05) is 0 Å². The lowest BCUT2D eigenvalue weighted by Gasteiger charge is -2.57. The van der Waals surface area contributed by atoms with Crippen molar-refractivity contribution in [1.29, 1.82) is 5.26 Å². The van der Waals surface area contributed by atoms with Gasteiger partial charge in [-0.3, -0.25) is 0 Å². The molecule has 0 spiro atoms. The second-order valence-electron chi connectivity index (χ2n) is 8.34. The fraction of sp³-hybridized carbons (Fsp3) is 0.737. The van der Waals surface area contributed by atoms with Crippen molar-refractivity contribution < 1.29 is 0 Å². The molecule has 1 N–H and O–H groups in total.